The molecule has 0 atom stereocenters. The van der Waals surface area contributed by atoms with Gasteiger partial charge >= 0.3 is 0 Å². The van der Waals surface area contributed by atoms with Crippen LogP contribution in [0.4, 0.5) is 0 Å². The van der Waals surface area contributed by atoms with Crippen LogP contribution < -0.4 is 0 Å². The predicted molar refractivity (Wildman–Crippen MR) is 47.8 cm³/mol. The van der Waals surface area contributed by atoms with Gasteiger partial charge in [0.15, 0.2) is 0 Å². The van der Waals surface area contributed by atoms with E-state index in [9.17, 15) is 0 Å². The van der Waals surface area contributed by atoms with E-state index in [1.165, 1.54) is 0 Å². The third-order valence-corrected chi connectivity index (χ3v) is 2.11. The molecule has 1 heterocycles. The van der Waals surface area contributed by atoms with E-state index in [-0.39, 0.29) is 6.61 Å². The Labute approximate surface area is 74.2 Å². The van der Waals surface area contributed by atoms with Crippen LogP contribution in [0.25, 0.3) is 6.08 Å². The molecule has 0 saturated heterocycles. The van der Waals surface area contributed by atoms with Gasteiger partial charge in [0.25, 0.3) is 0 Å². The topological polar surface area (TPSA) is 33.1 Å². The smallest absolute Gasteiger partial charge is 0.0901 e. The number of hydrogen-bond donors (Lipinski definition) is 1. The zero-order valence-electron chi connectivity index (χ0n) is 6.04. The molecular formula is C7H8ClNOS. The van der Waals surface area contributed by atoms with Crippen LogP contribution in [0, 0.1) is 6.92 Å². The van der Waals surface area contributed by atoms with Crippen molar-refractivity contribution < 1.29 is 5.11 Å². The quantitative estimate of drug-likeness (QED) is 0.773. The molecule has 0 bridgehead atoms. The first-order valence-corrected chi connectivity index (χ1v) is 4.37. The molecule has 0 aliphatic rings. The van der Waals surface area contributed by atoms with Crippen molar-refractivity contribution in [1.29, 1.82) is 0 Å². The lowest BCUT2D eigenvalue weighted by molar-refractivity contribution is 0.339. The van der Waals surface area contributed by atoms with Gasteiger partial charge in [-0.2, -0.15) is 0 Å². The summed E-state index contributed by atoms with van der Waals surface area (Å²) in [7, 11) is 0. The van der Waals surface area contributed by atoms with Crippen molar-refractivity contribution >= 4 is 29.0 Å². The minimum atomic E-state index is -0.127. The number of aromatic nitrogens is 1. The Bertz CT molecular complexity index is 269. The summed E-state index contributed by atoms with van der Waals surface area (Å²) in [5.74, 6) is 0. The Balaban J connectivity index is 2.78. The van der Waals surface area contributed by atoms with Crippen LogP contribution in [0.1, 0.15) is 10.7 Å². The first-order chi connectivity index (χ1) is 5.22. The number of rotatable bonds is 2. The number of aryl methyl sites for hydroxylation is 1. The summed E-state index contributed by atoms with van der Waals surface area (Å²) < 4.78 is 0. The van der Waals surface area contributed by atoms with Crippen molar-refractivity contribution in [3.05, 3.63) is 21.1 Å². The van der Waals surface area contributed by atoms with Gasteiger partial charge < -0.3 is 5.11 Å². The van der Waals surface area contributed by atoms with Crippen molar-refractivity contribution in [3.63, 3.8) is 0 Å². The molecule has 1 N–H and O–H groups in total. The Hall–Kier alpha value is -0.380. The third kappa shape index (κ3) is 2.61. The molecule has 0 aromatic carbocycles. The molecule has 0 spiro atoms. The predicted octanol–water partition coefficient (Wildman–Crippen LogP) is 2.02. The Morgan fingerprint density at radius 2 is 2.64 bits per heavy atom. The molecule has 0 aliphatic carbocycles. The summed E-state index contributed by atoms with van der Waals surface area (Å²) in [6.45, 7) is 1.80. The lowest BCUT2D eigenvalue weighted by Gasteiger charge is -1.87. The van der Waals surface area contributed by atoms with Crippen LogP contribution in [-0.2, 0) is 0 Å². The lowest BCUT2D eigenvalue weighted by atomic mass is 10.4. The van der Waals surface area contributed by atoms with Crippen LogP contribution in [0.3, 0.4) is 0 Å². The normalized spacial score (nSPS) is 12.1. The highest BCUT2D eigenvalue weighted by Gasteiger charge is 1.95. The van der Waals surface area contributed by atoms with Crippen molar-refractivity contribution in [2.45, 2.75) is 6.92 Å². The van der Waals surface area contributed by atoms with Gasteiger partial charge in [-0.3, -0.25) is 0 Å². The summed E-state index contributed by atoms with van der Waals surface area (Å²) in [5, 5.41) is 11.9. The second-order valence-electron chi connectivity index (χ2n) is 2.04. The van der Waals surface area contributed by atoms with E-state index in [1.807, 2.05) is 12.3 Å². The van der Waals surface area contributed by atoms with E-state index in [0.717, 1.165) is 10.7 Å². The minimum Gasteiger partial charge on any atom is -0.391 e. The van der Waals surface area contributed by atoms with E-state index in [1.54, 1.807) is 17.4 Å². The standard InChI is InChI=1S/C7H8ClNOS/c1-5-9-7(4-11-5)2-6(8)3-10/h2,4,10H,3H2,1H3. The highest BCUT2D eigenvalue weighted by molar-refractivity contribution is 7.09. The molecule has 1 aromatic rings. The summed E-state index contributed by atoms with van der Waals surface area (Å²) >= 11 is 7.15. The van der Waals surface area contributed by atoms with Gasteiger partial charge in [-0.25, -0.2) is 4.98 Å². The SMILES string of the molecule is Cc1nc(C=C(Cl)CO)cs1. The van der Waals surface area contributed by atoms with E-state index in [2.05, 4.69) is 4.98 Å². The third-order valence-electron chi connectivity index (χ3n) is 1.09. The molecule has 0 fully saturated rings. The van der Waals surface area contributed by atoms with Crippen molar-refractivity contribution in [3.8, 4) is 0 Å². The lowest BCUT2D eigenvalue weighted by Crippen LogP contribution is -1.80. The van der Waals surface area contributed by atoms with E-state index >= 15 is 0 Å². The molecule has 0 saturated carbocycles. The molecule has 0 aliphatic heterocycles. The molecule has 11 heavy (non-hydrogen) atoms. The molecular weight excluding hydrogens is 182 g/mol. The van der Waals surface area contributed by atoms with E-state index in [4.69, 9.17) is 16.7 Å². The van der Waals surface area contributed by atoms with Gasteiger partial charge in [0.1, 0.15) is 0 Å². The summed E-state index contributed by atoms with van der Waals surface area (Å²) in [6, 6.07) is 0. The monoisotopic (exact) mass is 189 g/mol. The van der Waals surface area contributed by atoms with Crippen LogP contribution in [-0.4, -0.2) is 16.7 Å². The zero-order valence-corrected chi connectivity index (χ0v) is 7.61. The highest BCUT2D eigenvalue weighted by Crippen LogP contribution is 2.12. The first kappa shape index (κ1) is 8.71. The summed E-state index contributed by atoms with van der Waals surface area (Å²) in [5.41, 5.74) is 0.812. The van der Waals surface area contributed by atoms with Gasteiger partial charge in [-0.05, 0) is 13.0 Å². The van der Waals surface area contributed by atoms with Crippen LogP contribution in [0.5, 0.6) is 0 Å². The summed E-state index contributed by atoms with van der Waals surface area (Å²) in [4.78, 5) is 4.15. The Morgan fingerprint density at radius 1 is 1.91 bits per heavy atom. The number of halogens is 1. The number of aliphatic hydroxyl groups excluding tert-OH is 1. The first-order valence-electron chi connectivity index (χ1n) is 3.11. The maximum Gasteiger partial charge on any atom is 0.0901 e. The number of nitrogens with zero attached hydrogens (tertiary/aromatic N) is 1. The van der Waals surface area contributed by atoms with Crippen molar-refractivity contribution in [2.75, 3.05) is 6.61 Å². The Morgan fingerprint density at radius 3 is 3.09 bits per heavy atom. The van der Waals surface area contributed by atoms with Crippen molar-refractivity contribution in [2.24, 2.45) is 0 Å². The number of thiazole rings is 1. The summed E-state index contributed by atoms with van der Waals surface area (Å²) in [6.07, 6.45) is 1.66. The van der Waals surface area contributed by atoms with Gasteiger partial charge in [-0.15, -0.1) is 11.3 Å². The van der Waals surface area contributed by atoms with Gasteiger partial charge in [0, 0.05) is 10.4 Å². The fraction of sp³-hybridized carbons (Fsp3) is 0.286. The molecule has 4 heteroatoms. The fourth-order valence-corrected chi connectivity index (χ4v) is 1.33. The van der Waals surface area contributed by atoms with Gasteiger partial charge in [0.2, 0.25) is 0 Å². The zero-order chi connectivity index (χ0) is 8.27. The molecule has 0 unspecified atom stereocenters. The maximum atomic E-state index is 8.58. The number of aliphatic hydroxyl groups is 1. The number of hydrogen-bond acceptors (Lipinski definition) is 3. The van der Waals surface area contributed by atoms with Gasteiger partial charge in [-0.1, -0.05) is 11.6 Å². The second kappa shape index (κ2) is 3.85. The second-order valence-corrected chi connectivity index (χ2v) is 3.59. The average Bonchev–Trinajstić information content (AvgIpc) is 2.35. The van der Waals surface area contributed by atoms with Crippen molar-refractivity contribution in [1.82, 2.24) is 4.98 Å². The van der Waals surface area contributed by atoms with Gasteiger partial charge in [0.05, 0.1) is 17.3 Å². The minimum absolute atomic E-state index is 0.127. The van der Waals surface area contributed by atoms with Crippen LogP contribution >= 0.6 is 22.9 Å². The molecule has 1 aromatic heterocycles. The molecule has 2 nitrogen and oxygen atoms in total. The average molecular weight is 190 g/mol. The Kier molecular flexibility index (Phi) is 3.05. The van der Waals surface area contributed by atoms with Crippen LogP contribution in [0.15, 0.2) is 10.4 Å². The molecule has 0 radical (unpaired) electrons. The largest absolute Gasteiger partial charge is 0.391 e. The molecule has 60 valence electrons. The van der Waals surface area contributed by atoms with Crippen LogP contribution in [0.2, 0.25) is 0 Å². The van der Waals surface area contributed by atoms with E-state index < -0.39 is 0 Å². The fourth-order valence-electron chi connectivity index (χ4n) is 0.653. The molecule has 0 amide bonds. The van der Waals surface area contributed by atoms with E-state index in [0.29, 0.717) is 5.03 Å². The molecule has 1 rings (SSSR count). The highest BCUT2D eigenvalue weighted by atomic mass is 35.5. The maximum absolute atomic E-state index is 8.58.